The molecular weight excluding hydrogens is 253 g/mol. The van der Waals surface area contributed by atoms with E-state index in [1.54, 1.807) is 12.1 Å². The summed E-state index contributed by atoms with van der Waals surface area (Å²) < 4.78 is 18.5. The Balaban J connectivity index is 2.03. The second-order valence-electron chi connectivity index (χ2n) is 3.52. The number of hydrogen-bond acceptors (Lipinski definition) is 5. The van der Waals surface area contributed by atoms with E-state index in [-0.39, 0.29) is 18.2 Å². The number of carboxylic acids is 1. The van der Waals surface area contributed by atoms with Crippen LogP contribution in [0.5, 0.6) is 11.6 Å². The Kier molecular flexibility index (Phi) is 3.87. The first kappa shape index (κ1) is 12.7. The summed E-state index contributed by atoms with van der Waals surface area (Å²) in [6, 6.07) is 5.92. The molecule has 2 aromatic rings. The smallest absolute Gasteiger partial charge is 0.322 e. The number of ether oxygens (including phenoxy) is 1. The first-order valence-corrected chi connectivity index (χ1v) is 5.35. The summed E-state index contributed by atoms with van der Waals surface area (Å²) in [6.07, 6.45) is 2.58. The third-order valence-corrected chi connectivity index (χ3v) is 2.10. The molecule has 1 aromatic heterocycles. The third kappa shape index (κ3) is 3.63. The molecule has 0 saturated heterocycles. The number of hydrogen-bond donors (Lipinski definition) is 2. The normalized spacial score (nSPS) is 9.95. The van der Waals surface area contributed by atoms with E-state index in [2.05, 4.69) is 15.3 Å². The fourth-order valence-corrected chi connectivity index (χ4v) is 1.27. The Bertz CT molecular complexity index is 575. The molecule has 2 N–H and O–H groups in total. The van der Waals surface area contributed by atoms with E-state index < -0.39 is 11.8 Å². The van der Waals surface area contributed by atoms with E-state index >= 15 is 0 Å². The number of halogens is 1. The Morgan fingerprint density at radius 1 is 1.32 bits per heavy atom. The Hall–Kier alpha value is -2.70. The molecule has 0 aliphatic carbocycles. The van der Waals surface area contributed by atoms with Gasteiger partial charge in [-0.25, -0.2) is 14.4 Å². The molecule has 98 valence electrons. The van der Waals surface area contributed by atoms with Gasteiger partial charge in [-0.15, -0.1) is 0 Å². The number of para-hydroxylation sites is 1. The van der Waals surface area contributed by atoms with Crippen molar-refractivity contribution in [2.45, 2.75) is 0 Å². The molecule has 0 bridgehead atoms. The van der Waals surface area contributed by atoms with Crippen LogP contribution in [0.15, 0.2) is 36.7 Å². The molecule has 0 aliphatic rings. The van der Waals surface area contributed by atoms with Crippen LogP contribution < -0.4 is 10.1 Å². The van der Waals surface area contributed by atoms with Crippen molar-refractivity contribution in [1.82, 2.24) is 9.97 Å². The van der Waals surface area contributed by atoms with Crippen molar-refractivity contribution in [3.8, 4) is 11.6 Å². The Morgan fingerprint density at radius 2 is 2.11 bits per heavy atom. The van der Waals surface area contributed by atoms with Gasteiger partial charge in [-0.2, -0.15) is 0 Å². The van der Waals surface area contributed by atoms with E-state index in [0.717, 1.165) is 0 Å². The van der Waals surface area contributed by atoms with Crippen LogP contribution >= 0.6 is 0 Å². The van der Waals surface area contributed by atoms with Crippen LogP contribution in [0.3, 0.4) is 0 Å². The van der Waals surface area contributed by atoms with Gasteiger partial charge in [0.1, 0.15) is 12.4 Å². The molecule has 6 nitrogen and oxygen atoms in total. The highest BCUT2D eigenvalue weighted by atomic mass is 19.1. The first-order chi connectivity index (χ1) is 9.15. The third-order valence-electron chi connectivity index (χ3n) is 2.10. The highest BCUT2D eigenvalue weighted by Crippen LogP contribution is 2.21. The van der Waals surface area contributed by atoms with Crippen LogP contribution in [0.25, 0.3) is 0 Å². The minimum absolute atomic E-state index is 0.0445. The number of aromatic nitrogens is 2. The quantitative estimate of drug-likeness (QED) is 0.857. The molecule has 0 amide bonds. The second kappa shape index (κ2) is 5.76. The topological polar surface area (TPSA) is 84.3 Å². The average molecular weight is 263 g/mol. The monoisotopic (exact) mass is 263 g/mol. The highest BCUT2D eigenvalue weighted by molar-refractivity contribution is 5.72. The summed E-state index contributed by atoms with van der Waals surface area (Å²) >= 11 is 0. The number of anilines is 1. The number of benzene rings is 1. The summed E-state index contributed by atoms with van der Waals surface area (Å²) in [5.41, 5.74) is 0. The van der Waals surface area contributed by atoms with Gasteiger partial charge in [0.15, 0.2) is 11.6 Å². The van der Waals surface area contributed by atoms with Crippen molar-refractivity contribution in [3.05, 3.63) is 42.5 Å². The number of nitrogens with zero attached hydrogens (tertiary/aromatic N) is 2. The molecule has 7 heteroatoms. The zero-order chi connectivity index (χ0) is 13.7. The Labute approximate surface area is 107 Å². The van der Waals surface area contributed by atoms with E-state index in [1.165, 1.54) is 24.5 Å². The van der Waals surface area contributed by atoms with Crippen LogP contribution in [0.1, 0.15) is 0 Å². The predicted molar refractivity (Wildman–Crippen MR) is 64.6 cm³/mol. The lowest BCUT2D eigenvalue weighted by Gasteiger charge is -2.06. The number of carboxylic acid groups (broad SMARTS) is 1. The van der Waals surface area contributed by atoms with Crippen LogP contribution in [-0.4, -0.2) is 27.6 Å². The van der Waals surface area contributed by atoms with E-state index in [1.807, 2.05) is 0 Å². The fraction of sp³-hybridized carbons (Fsp3) is 0.0833. The van der Waals surface area contributed by atoms with Gasteiger partial charge in [-0.3, -0.25) is 4.79 Å². The molecule has 19 heavy (non-hydrogen) atoms. The lowest BCUT2D eigenvalue weighted by Crippen LogP contribution is -2.13. The summed E-state index contributed by atoms with van der Waals surface area (Å²) in [5.74, 6) is -1.05. The lowest BCUT2D eigenvalue weighted by molar-refractivity contribution is -0.134. The first-order valence-electron chi connectivity index (χ1n) is 5.35. The second-order valence-corrected chi connectivity index (χ2v) is 3.52. The summed E-state index contributed by atoms with van der Waals surface area (Å²) in [7, 11) is 0. The minimum Gasteiger partial charge on any atom is -0.480 e. The van der Waals surface area contributed by atoms with Gasteiger partial charge in [0.05, 0.1) is 12.4 Å². The van der Waals surface area contributed by atoms with Crippen molar-refractivity contribution >= 4 is 11.8 Å². The van der Waals surface area contributed by atoms with Crippen LogP contribution in [0.4, 0.5) is 10.2 Å². The Morgan fingerprint density at radius 3 is 2.74 bits per heavy atom. The molecular formula is C12H10FN3O3. The zero-order valence-electron chi connectivity index (χ0n) is 9.71. The molecule has 0 atom stereocenters. The fourth-order valence-electron chi connectivity index (χ4n) is 1.27. The minimum atomic E-state index is -1.01. The molecule has 0 radical (unpaired) electrons. The molecule has 2 rings (SSSR count). The molecule has 0 fully saturated rings. The van der Waals surface area contributed by atoms with E-state index in [0.29, 0.717) is 5.82 Å². The van der Waals surface area contributed by atoms with Crippen molar-refractivity contribution in [2.75, 3.05) is 11.9 Å². The van der Waals surface area contributed by atoms with Crippen LogP contribution in [0.2, 0.25) is 0 Å². The van der Waals surface area contributed by atoms with Gasteiger partial charge >= 0.3 is 5.97 Å². The largest absolute Gasteiger partial charge is 0.480 e. The average Bonchev–Trinajstić information content (AvgIpc) is 2.40. The molecule has 0 unspecified atom stereocenters. The number of rotatable bonds is 5. The van der Waals surface area contributed by atoms with Crippen molar-refractivity contribution in [3.63, 3.8) is 0 Å². The van der Waals surface area contributed by atoms with Gasteiger partial charge in [0.2, 0.25) is 5.88 Å². The number of nitrogens with one attached hydrogen (secondary N) is 1. The van der Waals surface area contributed by atoms with Gasteiger partial charge < -0.3 is 15.2 Å². The molecule has 1 aromatic carbocycles. The molecule has 0 saturated carbocycles. The summed E-state index contributed by atoms with van der Waals surface area (Å²) in [4.78, 5) is 18.1. The maximum Gasteiger partial charge on any atom is 0.322 e. The lowest BCUT2D eigenvalue weighted by atomic mass is 10.3. The van der Waals surface area contributed by atoms with Gasteiger partial charge in [0, 0.05) is 0 Å². The van der Waals surface area contributed by atoms with Crippen molar-refractivity contribution in [2.24, 2.45) is 0 Å². The standard InChI is InChI=1S/C12H10FN3O3/c13-8-3-1-2-4-9(8)19-11-6-14-10(5-16-11)15-7-12(17)18/h1-6H,7H2,(H,14,15)(H,17,18). The predicted octanol–water partition coefficient (Wildman–Crippen LogP) is 1.90. The molecule has 0 aliphatic heterocycles. The van der Waals surface area contributed by atoms with Crippen LogP contribution in [0, 0.1) is 5.82 Å². The van der Waals surface area contributed by atoms with Crippen LogP contribution in [-0.2, 0) is 4.79 Å². The number of aliphatic carboxylic acids is 1. The van der Waals surface area contributed by atoms with Crippen molar-refractivity contribution < 1.29 is 19.0 Å². The molecule has 0 spiro atoms. The van der Waals surface area contributed by atoms with Gasteiger partial charge in [0.25, 0.3) is 0 Å². The number of carbonyl (C=O) groups is 1. The summed E-state index contributed by atoms with van der Waals surface area (Å²) in [6.45, 7) is -0.262. The van der Waals surface area contributed by atoms with Gasteiger partial charge in [-0.1, -0.05) is 12.1 Å². The maximum atomic E-state index is 13.3. The van der Waals surface area contributed by atoms with Gasteiger partial charge in [-0.05, 0) is 12.1 Å². The van der Waals surface area contributed by atoms with E-state index in [9.17, 15) is 9.18 Å². The SMILES string of the molecule is O=C(O)CNc1cnc(Oc2ccccc2F)cn1. The van der Waals surface area contributed by atoms with Crippen molar-refractivity contribution in [1.29, 1.82) is 0 Å². The molecule has 1 heterocycles. The summed E-state index contributed by atoms with van der Waals surface area (Å²) in [5, 5.41) is 11.0. The highest BCUT2D eigenvalue weighted by Gasteiger charge is 2.05. The zero-order valence-corrected chi connectivity index (χ0v) is 9.71. The maximum absolute atomic E-state index is 13.3. The van der Waals surface area contributed by atoms with E-state index in [4.69, 9.17) is 9.84 Å².